The minimum Gasteiger partial charge on any atom is -0.493 e. The molecule has 0 aliphatic carbocycles. The Morgan fingerprint density at radius 2 is 1.43 bits per heavy atom. The molecule has 0 aliphatic rings. The predicted octanol–water partition coefficient (Wildman–Crippen LogP) is 3.45. The minimum absolute atomic E-state index is 0.288. The van der Waals surface area contributed by atoms with Crippen molar-refractivity contribution in [1.82, 2.24) is 10.6 Å². The summed E-state index contributed by atoms with van der Waals surface area (Å²) in [5.74, 6) is -0.988. The van der Waals surface area contributed by atoms with Crippen LogP contribution in [0.1, 0.15) is 47.1 Å². The average molecular weight is 497 g/mol. The number of nitrogens with one attached hydrogen (secondary N) is 2. The molecule has 0 radical (unpaired) electrons. The molecule has 0 saturated carbocycles. The summed E-state index contributed by atoms with van der Waals surface area (Å²) >= 11 is 0. The number of esters is 1. The molecule has 11 heteroatoms. The van der Waals surface area contributed by atoms with E-state index >= 15 is 0 Å². The molecule has 196 valence electrons. The van der Waals surface area contributed by atoms with Gasteiger partial charge in [0, 0.05) is 0 Å². The van der Waals surface area contributed by atoms with Crippen molar-refractivity contribution < 1.29 is 43.2 Å². The molecular weight excluding hydrogens is 460 g/mol. The lowest BCUT2D eigenvalue weighted by Gasteiger charge is -2.19. The Morgan fingerprint density at radius 1 is 0.914 bits per heavy atom. The predicted molar refractivity (Wildman–Crippen MR) is 129 cm³/mol. The van der Waals surface area contributed by atoms with Crippen LogP contribution in [0.3, 0.4) is 0 Å². The first kappa shape index (κ1) is 31.2. The number of methoxy groups -OCH3 is 1. The van der Waals surface area contributed by atoms with Crippen molar-refractivity contribution in [2.24, 2.45) is 0 Å². The van der Waals surface area contributed by atoms with E-state index in [2.05, 4.69) is 17.2 Å². The molecule has 0 spiro atoms. The van der Waals surface area contributed by atoms with Crippen molar-refractivity contribution in [2.45, 2.75) is 59.2 Å². The fourth-order valence-electron chi connectivity index (χ4n) is 2.17. The van der Waals surface area contributed by atoms with E-state index in [-0.39, 0.29) is 12.3 Å². The highest BCUT2D eigenvalue weighted by atomic mass is 16.6. The summed E-state index contributed by atoms with van der Waals surface area (Å²) in [6.45, 7) is 13.3. The zero-order valence-electron chi connectivity index (χ0n) is 21.4. The summed E-state index contributed by atoms with van der Waals surface area (Å²) in [7, 11) is 1.49. The van der Waals surface area contributed by atoms with Gasteiger partial charge in [0.15, 0.2) is 11.5 Å². The van der Waals surface area contributed by atoms with E-state index < -0.39 is 41.9 Å². The quantitative estimate of drug-likeness (QED) is 0.279. The van der Waals surface area contributed by atoms with E-state index in [9.17, 15) is 19.2 Å². The lowest BCUT2D eigenvalue weighted by molar-refractivity contribution is -0.136. The maximum absolute atomic E-state index is 11.8. The minimum atomic E-state index is -1.10. The molecule has 0 fully saturated rings. The van der Waals surface area contributed by atoms with Gasteiger partial charge in [-0.1, -0.05) is 12.1 Å². The van der Waals surface area contributed by atoms with Crippen molar-refractivity contribution in [3.63, 3.8) is 0 Å². The van der Waals surface area contributed by atoms with Crippen LogP contribution in [0.2, 0.25) is 0 Å². The average Bonchev–Trinajstić information content (AvgIpc) is 2.70. The highest BCUT2D eigenvalue weighted by Crippen LogP contribution is 2.28. The van der Waals surface area contributed by atoms with Gasteiger partial charge in [-0.25, -0.2) is 14.4 Å². The van der Waals surface area contributed by atoms with Gasteiger partial charge in [0.05, 0.1) is 7.11 Å². The van der Waals surface area contributed by atoms with E-state index in [4.69, 9.17) is 24.1 Å². The molecule has 11 nitrogen and oxygen atoms in total. The van der Waals surface area contributed by atoms with Crippen LogP contribution in [-0.4, -0.2) is 60.6 Å². The van der Waals surface area contributed by atoms with Gasteiger partial charge in [0.1, 0.15) is 24.3 Å². The van der Waals surface area contributed by atoms with Crippen molar-refractivity contribution in [2.75, 3.05) is 20.2 Å². The smallest absolute Gasteiger partial charge is 0.408 e. The van der Waals surface area contributed by atoms with E-state index in [0.717, 1.165) is 5.56 Å². The van der Waals surface area contributed by atoms with Gasteiger partial charge in [-0.05, 0) is 65.7 Å². The van der Waals surface area contributed by atoms with Gasteiger partial charge in [-0.3, -0.25) is 4.79 Å². The molecule has 0 unspecified atom stereocenters. The first-order valence-electron chi connectivity index (χ1n) is 10.7. The fourth-order valence-corrected chi connectivity index (χ4v) is 2.17. The third kappa shape index (κ3) is 16.5. The SMILES string of the molecule is C=CCc1ccc(OC(=O)CNC(=O)OC(C)(C)C)c(OC)c1.CC(C)(C)OC(=O)NCC(=O)O. The zero-order chi connectivity index (χ0) is 27.2. The van der Waals surface area contributed by atoms with Crippen molar-refractivity contribution in [1.29, 1.82) is 0 Å². The van der Waals surface area contributed by atoms with Crippen molar-refractivity contribution >= 4 is 24.1 Å². The summed E-state index contributed by atoms with van der Waals surface area (Å²) in [4.78, 5) is 44.0. The van der Waals surface area contributed by atoms with Crippen LogP contribution in [0.4, 0.5) is 9.59 Å². The second-order valence-electron chi connectivity index (χ2n) is 9.06. The lowest BCUT2D eigenvalue weighted by atomic mass is 10.1. The number of carbonyl (C=O) groups excluding carboxylic acids is 3. The van der Waals surface area contributed by atoms with Gasteiger partial charge in [-0.2, -0.15) is 0 Å². The molecule has 0 bridgehead atoms. The van der Waals surface area contributed by atoms with E-state index in [1.54, 1.807) is 59.8 Å². The number of carboxylic acid groups (broad SMARTS) is 1. The Bertz CT molecular complexity index is 884. The van der Waals surface area contributed by atoms with Crippen LogP contribution < -0.4 is 20.1 Å². The number of carbonyl (C=O) groups is 4. The first-order valence-corrected chi connectivity index (χ1v) is 10.7. The molecule has 0 heterocycles. The van der Waals surface area contributed by atoms with Crippen LogP contribution in [0.15, 0.2) is 30.9 Å². The van der Waals surface area contributed by atoms with Gasteiger partial charge in [0.25, 0.3) is 0 Å². The van der Waals surface area contributed by atoms with E-state index in [0.29, 0.717) is 12.2 Å². The van der Waals surface area contributed by atoms with Crippen LogP contribution >= 0.6 is 0 Å². The number of amides is 2. The summed E-state index contributed by atoms with van der Waals surface area (Å²) in [6, 6.07) is 5.22. The van der Waals surface area contributed by atoms with Crippen LogP contribution in [0, 0.1) is 0 Å². The summed E-state index contributed by atoms with van der Waals surface area (Å²) in [5, 5.41) is 12.6. The summed E-state index contributed by atoms with van der Waals surface area (Å²) in [5.41, 5.74) is -0.232. The van der Waals surface area contributed by atoms with Crippen LogP contribution in [0.5, 0.6) is 11.5 Å². The number of rotatable bonds is 8. The molecule has 3 N–H and O–H groups in total. The number of alkyl carbamates (subject to hydrolysis) is 2. The Kier molecular flexibility index (Phi) is 12.9. The van der Waals surface area contributed by atoms with E-state index in [1.807, 2.05) is 6.07 Å². The standard InChI is InChI=1S/C17H23NO5.C7H13NO4/c1-6-7-12-8-9-13(14(10-12)21-5)22-15(19)11-18-16(20)23-17(2,3)4;1-7(2,3)12-6(11)8-4-5(9)10/h6,8-10H,1,7,11H2,2-5H3,(H,18,20);4H2,1-3H3,(H,8,11)(H,9,10). The van der Waals surface area contributed by atoms with Crippen molar-refractivity contribution in [3.05, 3.63) is 36.4 Å². The summed E-state index contributed by atoms with van der Waals surface area (Å²) in [6.07, 6.45) is 1.06. The Hall–Kier alpha value is -3.76. The summed E-state index contributed by atoms with van der Waals surface area (Å²) < 4.78 is 20.2. The number of carboxylic acids is 1. The third-order valence-electron chi connectivity index (χ3n) is 3.39. The Balaban J connectivity index is 0.000000814. The number of benzene rings is 1. The van der Waals surface area contributed by atoms with Crippen molar-refractivity contribution in [3.8, 4) is 11.5 Å². The number of hydrogen-bond donors (Lipinski definition) is 3. The molecule has 0 saturated heterocycles. The highest BCUT2D eigenvalue weighted by Gasteiger charge is 2.18. The van der Waals surface area contributed by atoms with Crippen LogP contribution in [0.25, 0.3) is 0 Å². The maximum Gasteiger partial charge on any atom is 0.408 e. The monoisotopic (exact) mass is 496 g/mol. The van der Waals surface area contributed by atoms with Gasteiger partial charge in [0.2, 0.25) is 0 Å². The molecule has 2 amide bonds. The Labute approximate surface area is 205 Å². The molecule has 1 rings (SSSR count). The molecule has 35 heavy (non-hydrogen) atoms. The topological polar surface area (TPSA) is 149 Å². The molecular formula is C24H36N2O9. The molecule has 1 aromatic rings. The molecule has 0 aromatic heterocycles. The number of ether oxygens (including phenoxy) is 4. The molecule has 1 aromatic carbocycles. The largest absolute Gasteiger partial charge is 0.493 e. The molecule has 0 aliphatic heterocycles. The van der Waals surface area contributed by atoms with Crippen LogP contribution in [-0.2, 0) is 25.5 Å². The maximum atomic E-state index is 11.8. The van der Waals surface area contributed by atoms with Gasteiger partial charge < -0.3 is 34.7 Å². The third-order valence-corrected chi connectivity index (χ3v) is 3.39. The second-order valence-corrected chi connectivity index (χ2v) is 9.06. The Morgan fingerprint density at radius 3 is 1.86 bits per heavy atom. The number of allylic oxidation sites excluding steroid dienone is 1. The molecule has 0 atom stereocenters. The van der Waals surface area contributed by atoms with Gasteiger partial charge >= 0.3 is 24.1 Å². The highest BCUT2D eigenvalue weighted by molar-refractivity contribution is 5.80. The second kappa shape index (κ2) is 14.5. The van der Waals surface area contributed by atoms with E-state index in [1.165, 1.54) is 7.11 Å². The normalized spacial score (nSPS) is 10.6. The number of hydrogen-bond acceptors (Lipinski definition) is 8. The number of aliphatic carboxylic acids is 1. The van der Waals surface area contributed by atoms with Gasteiger partial charge in [-0.15, -0.1) is 6.58 Å². The zero-order valence-corrected chi connectivity index (χ0v) is 21.4. The fraction of sp³-hybridized carbons (Fsp3) is 0.500. The lowest BCUT2D eigenvalue weighted by Crippen LogP contribution is -2.36. The first-order chi connectivity index (χ1) is 16.1.